The number of carbonyl (C=O) groups excluding carboxylic acids is 1. The molecule has 1 fully saturated rings. The van der Waals surface area contributed by atoms with Gasteiger partial charge in [0.15, 0.2) is 0 Å². The summed E-state index contributed by atoms with van der Waals surface area (Å²) in [7, 11) is 0. The molecular formula is C12H23NO3. The summed E-state index contributed by atoms with van der Waals surface area (Å²) in [4.78, 5) is 11.6. The van der Waals surface area contributed by atoms with Crippen LogP contribution in [0.1, 0.15) is 39.0 Å². The smallest absolute Gasteiger partial charge is 0.222 e. The Kier molecular flexibility index (Phi) is 6.42. The third kappa shape index (κ3) is 5.47. The van der Waals surface area contributed by atoms with Crippen LogP contribution < -0.4 is 5.32 Å². The normalized spacial score (nSPS) is 22.8. The number of carbonyl (C=O) groups is 1. The fourth-order valence-electron chi connectivity index (χ4n) is 1.86. The van der Waals surface area contributed by atoms with Gasteiger partial charge in [0, 0.05) is 19.8 Å². The zero-order valence-electron chi connectivity index (χ0n) is 10.1. The molecule has 0 aromatic heterocycles. The maximum Gasteiger partial charge on any atom is 0.222 e. The van der Waals surface area contributed by atoms with Crippen molar-refractivity contribution in [3.8, 4) is 0 Å². The van der Waals surface area contributed by atoms with Gasteiger partial charge in [0.2, 0.25) is 5.91 Å². The highest BCUT2D eigenvalue weighted by Gasteiger charge is 2.17. The number of hydrogen-bond donors (Lipinski definition) is 2. The first-order valence-electron chi connectivity index (χ1n) is 6.21. The van der Waals surface area contributed by atoms with Crippen LogP contribution in [-0.4, -0.2) is 36.9 Å². The van der Waals surface area contributed by atoms with Crippen molar-refractivity contribution < 1.29 is 14.6 Å². The van der Waals surface area contributed by atoms with E-state index in [1.165, 1.54) is 6.42 Å². The van der Waals surface area contributed by atoms with Gasteiger partial charge in [-0.2, -0.15) is 0 Å². The monoisotopic (exact) mass is 229 g/mol. The van der Waals surface area contributed by atoms with Crippen LogP contribution in [0.4, 0.5) is 0 Å². The summed E-state index contributed by atoms with van der Waals surface area (Å²) in [5.41, 5.74) is 0. The third-order valence-electron chi connectivity index (χ3n) is 2.96. The Bertz CT molecular complexity index is 202. The second-order valence-corrected chi connectivity index (χ2v) is 4.61. The van der Waals surface area contributed by atoms with Crippen molar-refractivity contribution in [2.24, 2.45) is 5.92 Å². The van der Waals surface area contributed by atoms with Gasteiger partial charge in [0.25, 0.3) is 0 Å². The molecule has 1 aliphatic rings. The van der Waals surface area contributed by atoms with Gasteiger partial charge in [-0.15, -0.1) is 0 Å². The van der Waals surface area contributed by atoms with Crippen molar-refractivity contribution in [3.63, 3.8) is 0 Å². The summed E-state index contributed by atoms with van der Waals surface area (Å²) in [5, 5.41) is 11.6. The van der Waals surface area contributed by atoms with Crippen LogP contribution in [0.15, 0.2) is 0 Å². The minimum atomic E-state index is 0.0664. The minimum absolute atomic E-state index is 0.0664. The van der Waals surface area contributed by atoms with E-state index >= 15 is 0 Å². The number of aliphatic hydroxyl groups is 1. The highest BCUT2D eigenvalue weighted by Crippen LogP contribution is 2.15. The van der Waals surface area contributed by atoms with Crippen LogP contribution in [-0.2, 0) is 9.53 Å². The van der Waals surface area contributed by atoms with E-state index < -0.39 is 0 Å². The number of ether oxygens (including phenoxy) is 1. The van der Waals surface area contributed by atoms with Crippen molar-refractivity contribution in [1.29, 1.82) is 0 Å². The van der Waals surface area contributed by atoms with Gasteiger partial charge >= 0.3 is 0 Å². The topological polar surface area (TPSA) is 58.6 Å². The van der Waals surface area contributed by atoms with Crippen molar-refractivity contribution in [1.82, 2.24) is 5.32 Å². The third-order valence-corrected chi connectivity index (χ3v) is 2.96. The van der Waals surface area contributed by atoms with Crippen molar-refractivity contribution in [2.75, 3.05) is 19.8 Å². The predicted octanol–water partition coefficient (Wildman–Crippen LogP) is 1.08. The number of hydrogen-bond acceptors (Lipinski definition) is 3. The second kappa shape index (κ2) is 7.63. The van der Waals surface area contributed by atoms with Gasteiger partial charge < -0.3 is 15.2 Å². The van der Waals surface area contributed by atoms with E-state index in [2.05, 4.69) is 5.32 Å². The first-order chi connectivity index (χ1) is 7.72. The van der Waals surface area contributed by atoms with E-state index in [1.54, 1.807) is 0 Å². The molecule has 2 atom stereocenters. The lowest BCUT2D eigenvalue weighted by Crippen LogP contribution is -2.33. The molecule has 1 aliphatic heterocycles. The molecule has 0 radical (unpaired) electrons. The Morgan fingerprint density at radius 3 is 3.00 bits per heavy atom. The molecule has 0 saturated carbocycles. The summed E-state index contributed by atoms with van der Waals surface area (Å²) in [6.45, 7) is 3.64. The number of rotatable bonds is 6. The maximum absolute atomic E-state index is 11.6. The Labute approximate surface area is 97.4 Å². The number of aliphatic hydroxyl groups excluding tert-OH is 1. The van der Waals surface area contributed by atoms with Crippen molar-refractivity contribution in [3.05, 3.63) is 0 Å². The fraction of sp³-hybridized carbons (Fsp3) is 0.917. The van der Waals surface area contributed by atoms with Gasteiger partial charge in [0.05, 0.1) is 12.5 Å². The van der Waals surface area contributed by atoms with Crippen molar-refractivity contribution >= 4 is 5.91 Å². The predicted molar refractivity (Wildman–Crippen MR) is 62.1 cm³/mol. The van der Waals surface area contributed by atoms with Crippen LogP contribution in [0.25, 0.3) is 0 Å². The Hall–Kier alpha value is -0.610. The number of amides is 1. The molecule has 0 aliphatic carbocycles. The average Bonchev–Trinajstić information content (AvgIpc) is 2.28. The summed E-state index contributed by atoms with van der Waals surface area (Å²) in [5.74, 6) is 0.401. The van der Waals surface area contributed by atoms with Crippen LogP contribution in [0.3, 0.4) is 0 Å². The second-order valence-electron chi connectivity index (χ2n) is 4.61. The molecule has 0 aromatic rings. The van der Waals surface area contributed by atoms with E-state index in [4.69, 9.17) is 9.84 Å². The summed E-state index contributed by atoms with van der Waals surface area (Å²) >= 11 is 0. The fourth-order valence-corrected chi connectivity index (χ4v) is 1.86. The Morgan fingerprint density at radius 1 is 1.56 bits per heavy atom. The molecule has 2 N–H and O–H groups in total. The molecule has 94 valence electrons. The van der Waals surface area contributed by atoms with Crippen LogP contribution in [0.5, 0.6) is 0 Å². The highest BCUT2D eigenvalue weighted by atomic mass is 16.5. The van der Waals surface area contributed by atoms with E-state index in [1.807, 2.05) is 6.92 Å². The number of nitrogens with one attached hydrogen (secondary N) is 1. The van der Waals surface area contributed by atoms with Gasteiger partial charge in [-0.1, -0.05) is 6.92 Å². The zero-order valence-corrected chi connectivity index (χ0v) is 10.1. The molecule has 0 spiro atoms. The Morgan fingerprint density at radius 2 is 2.38 bits per heavy atom. The van der Waals surface area contributed by atoms with E-state index in [0.717, 1.165) is 25.9 Å². The molecule has 16 heavy (non-hydrogen) atoms. The minimum Gasteiger partial charge on any atom is -0.396 e. The van der Waals surface area contributed by atoms with Gasteiger partial charge in [-0.3, -0.25) is 4.79 Å². The molecule has 4 heteroatoms. The molecule has 0 bridgehead atoms. The van der Waals surface area contributed by atoms with Crippen LogP contribution in [0, 0.1) is 5.92 Å². The molecular weight excluding hydrogens is 206 g/mol. The molecule has 4 nitrogen and oxygen atoms in total. The lowest BCUT2D eigenvalue weighted by Gasteiger charge is -2.22. The molecule has 2 unspecified atom stereocenters. The zero-order chi connectivity index (χ0) is 11.8. The van der Waals surface area contributed by atoms with E-state index in [9.17, 15) is 4.79 Å². The summed E-state index contributed by atoms with van der Waals surface area (Å²) in [6, 6.07) is 0. The quantitative estimate of drug-likeness (QED) is 0.716. The van der Waals surface area contributed by atoms with E-state index in [-0.39, 0.29) is 18.6 Å². The molecule has 1 saturated heterocycles. The summed E-state index contributed by atoms with van der Waals surface area (Å²) in [6.07, 6.45) is 4.61. The van der Waals surface area contributed by atoms with Gasteiger partial charge in [-0.05, 0) is 31.6 Å². The molecule has 1 amide bonds. The van der Waals surface area contributed by atoms with Gasteiger partial charge in [0.1, 0.15) is 0 Å². The molecule has 1 heterocycles. The lowest BCUT2D eigenvalue weighted by molar-refractivity contribution is -0.125. The largest absolute Gasteiger partial charge is 0.396 e. The van der Waals surface area contributed by atoms with Crippen molar-refractivity contribution in [2.45, 2.75) is 45.1 Å². The van der Waals surface area contributed by atoms with Crippen LogP contribution >= 0.6 is 0 Å². The first kappa shape index (κ1) is 13.5. The lowest BCUT2D eigenvalue weighted by atomic mass is 10.1. The Balaban J connectivity index is 2.10. The van der Waals surface area contributed by atoms with Gasteiger partial charge in [-0.25, -0.2) is 0 Å². The molecule has 0 aromatic carbocycles. The van der Waals surface area contributed by atoms with E-state index in [0.29, 0.717) is 18.9 Å². The summed E-state index contributed by atoms with van der Waals surface area (Å²) < 4.78 is 5.50. The highest BCUT2D eigenvalue weighted by molar-refractivity contribution is 5.76. The SMILES string of the molecule is CC(CCO)CNC(=O)CC1CCCCO1. The average molecular weight is 229 g/mol. The standard InChI is InChI=1S/C12H23NO3/c1-10(5-6-14)9-13-12(15)8-11-4-2-3-7-16-11/h10-11,14H,2-9H2,1H3,(H,13,15). The first-order valence-corrected chi connectivity index (χ1v) is 6.21. The molecule has 1 rings (SSSR count). The van der Waals surface area contributed by atoms with Crippen LogP contribution in [0.2, 0.25) is 0 Å². The maximum atomic E-state index is 11.6.